The predicted octanol–water partition coefficient (Wildman–Crippen LogP) is 4.68. The van der Waals surface area contributed by atoms with E-state index in [2.05, 4.69) is 38.1 Å². The number of halogens is 2. The van der Waals surface area contributed by atoms with Gasteiger partial charge in [0, 0.05) is 15.3 Å². The maximum absolute atomic E-state index is 12.1. The van der Waals surface area contributed by atoms with Gasteiger partial charge in [-0.15, -0.1) is 0 Å². The van der Waals surface area contributed by atoms with Crippen LogP contribution < -0.4 is 10.2 Å². The van der Waals surface area contributed by atoms with Crippen molar-refractivity contribution in [2.45, 2.75) is 6.61 Å². The maximum atomic E-state index is 12.1. The third kappa shape index (κ3) is 5.51. The fourth-order valence-corrected chi connectivity index (χ4v) is 2.80. The zero-order valence-electron chi connectivity index (χ0n) is 14.1. The van der Waals surface area contributed by atoms with Crippen LogP contribution in [-0.4, -0.2) is 17.1 Å². The lowest BCUT2D eigenvalue weighted by Gasteiger charge is -2.09. The summed E-state index contributed by atoms with van der Waals surface area (Å²) in [4.78, 5) is 16.0. The van der Waals surface area contributed by atoms with Crippen molar-refractivity contribution in [2.24, 2.45) is 5.10 Å². The number of hydrogen-bond donors (Lipinski definition) is 1. The average molecular weight is 492 g/mol. The molecule has 136 valence electrons. The normalized spacial score (nSPS) is 10.7. The molecule has 0 atom stereocenters. The van der Waals surface area contributed by atoms with Crippen LogP contribution in [0.15, 0.2) is 72.0 Å². The molecule has 1 aromatic heterocycles. The Bertz CT molecular complexity index is 961. The molecule has 0 saturated carbocycles. The summed E-state index contributed by atoms with van der Waals surface area (Å²) in [5, 5.41) is 4.13. The van der Waals surface area contributed by atoms with E-state index in [0.29, 0.717) is 12.4 Å². The number of carbonyl (C=O) groups excluding carboxylic acids is 1. The van der Waals surface area contributed by atoms with E-state index in [9.17, 15) is 4.79 Å². The molecule has 0 unspecified atom stereocenters. The van der Waals surface area contributed by atoms with E-state index in [1.54, 1.807) is 12.1 Å². The van der Waals surface area contributed by atoms with Gasteiger partial charge in [0.1, 0.15) is 17.5 Å². The van der Waals surface area contributed by atoms with Crippen molar-refractivity contribution in [1.29, 1.82) is 0 Å². The van der Waals surface area contributed by atoms with Crippen molar-refractivity contribution in [3.05, 3.63) is 92.3 Å². The van der Waals surface area contributed by atoms with Crippen LogP contribution in [0, 0.1) is 3.57 Å². The molecule has 0 fully saturated rings. The quantitative estimate of drug-likeness (QED) is 0.236. The number of hydrazone groups is 1. The largest absolute Gasteiger partial charge is 0.488 e. The number of benzene rings is 2. The standard InChI is InChI=1S/C20H15ClIN3O2/c21-19-17(5-3-11-23-19)20(26)25-24-12-15-4-1-2-6-18(15)27-13-14-7-9-16(22)10-8-14/h1-12H,13H2,(H,25,26). The smallest absolute Gasteiger partial charge is 0.274 e. The van der Waals surface area contributed by atoms with Gasteiger partial charge in [0.05, 0.1) is 11.8 Å². The molecule has 3 aromatic rings. The van der Waals surface area contributed by atoms with E-state index in [0.717, 1.165) is 11.1 Å². The Labute approximate surface area is 175 Å². The number of ether oxygens (including phenoxy) is 1. The second-order valence-electron chi connectivity index (χ2n) is 5.49. The summed E-state index contributed by atoms with van der Waals surface area (Å²) in [5.41, 5.74) is 4.53. The number of pyridine rings is 1. The third-order valence-corrected chi connectivity index (χ3v) is 4.62. The highest BCUT2D eigenvalue weighted by Crippen LogP contribution is 2.18. The average Bonchev–Trinajstić information content (AvgIpc) is 2.68. The SMILES string of the molecule is O=C(NN=Cc1ccccc1OCc1ccc(I)cc1)c1cccnc1Cl. The first-order chi connectivity index (χ1) is 13.1. The first-order valence-corrected chi connectivity index (χ1v) is 9.49. The monoisotopic (exact) mass is 491 g/mol. The minimum atomic E-state index is -0.429. The van der Waals surface area contributed by atoms with E-state index in [4.69, 9.17) is 16.3 Å². The molecule has 0 aliphatic rings. The Balaban J connectivity index is 1.65. The summed E-state index contributed by atoms with van der Waals surface area (Å²) < 4.78 is 7.06. The summed E-state index contributed by atoms with van der Waals surface area (Å²) in [6, 6.07) is 18.8. The van der Waals surface area contributed by atoms with Crippen LogP contribution in [0.4, 0.5) is 0 Å². The molecule has 27 heavy (non-hydrogen) atoms. The van der Waals surface area contributed by atoms with E-state index in [1.165, 1.54) is 16.0 Å². The van der Waals surface area contributed by atoms with Crippen molar-refractivity contribution < 1.29 is 9.53 Å². The Morgan fingerprint density at radius 1 is 1.15 bits per heavy atom. The van der Waals surface area contributed by atoms with Crippen LogP contribution in [-0.2, 0) is 6.61 Å². The van der Waals surface area contributed by atoms with Gasteiger partial charge in [-0.25, -0.2) is 10.4 Å². The summed E-state index contributed by atoms with van der Waals surface area (Å²) >= 11 is 8.17. The van der Waals surface area contributed by atoms with Gasteiger partial charge in [-0.3, -0.25) is 4.79 Å². The fraction of sp³-hybridized carbons (Fsp3) is 0.0500. The maximum Gasteiger partial charge on any atom is 0.274 e. The Morgan fingerprint density at radius 3 is 2.70 bits per heavy atom. The molecule has 7 heteroatoms. The molecule has 1 amide bonds. The summed E-state index contributed by atoms with van der Waals surface area (Å²) in [6.45, 7) is 0.444. The van der Waals surface area contributed by atoms with Gasteiger partial charge >= 0.3 is 0 Å². The van der Waals surface area contributed by atoms with Gasteiger partial charge in [0.15, 0.2) is 0 Å². The van der Waals surface area contributed by atoms with Crippen LogP contribution in [0.25, 0.3) is 0 Å². The minimum absolute atomic E-state index is 0.131. The number of carbonyl (C=O) groups is 1. The number of rotatable bonds is 6. The zero-order chi connectivity index (χ0) is 19.1. The van der Waals surface area contributed by atoms with Gasteiger partial charge in [-0.2, -0.15) is 5.10 Å². The third-order valence-electron chi connectivity index (χ3n) is 3.60. The predicted molar refractivity (Wildman–Crippen MR) is 114 cm³/mol. The minimum Gasteiger partial charge on any atom is -0.488 e. The number of para-hydroxylation sites is 1. The van der Waals surface area contributed by atoms with Gasteiger partial charge in [0.25, 0.3) is 5.91 Å². The first-order valence-electron chi connectivity index (χ1n) is 8.03. The Morgan fingerprint density at radius 2 is 1.93 bits per heavy atom. The van der Waals surface area contributed by atoms with Crippen LogP contribution >= 0.6 is 34.2 Å². The second kappa shape index (κ2) is 9.48. The number of hydrogen-bond acceptors (Lipinski definition) is 4. The number of aromatic nitrogens is 1. The topological polar surface area (TPSA) is 63.6 Å². The van der Waals surface area contributed by atoms with E-state index in [-0.39, 0.29) is 10.7 Å². The van der Waals surface area contributed by atoms with E-state index in [1.807, 2.05) is 48.5 Å². The number of amides is 1. The Kier molecular flexibility index (Phi) is 6.78. The molecule has 0 aliphatic carbocycles. The van der Waals surface area contributed by atoms with Crippen LogP contribution in [0.3, 0.4) is 0 Å². The molecular formula is C20H15ClIN3O2. The highest BCUT2D eigenvalue weighted by Gasteiger charge is 2.09. The van der Waals surface area contributed by atoms with Crippen molar-refractivity contribution in [2.75, 3.05) is 0 Å². The molecule has 0 aliphatic heterocycles. The molecule has 0 saturated heterocycles. The number of nitrogens with one attached hydrogen (secondary N) is 1. The van der Waals surface area contributed by atoms with Crippen molar-refractivity contribution in [3.8, 4) is 5.75 Å². The van der Waals surface area contributed by atoms with Crippen LogP contribution in [0.5, 0.6) is 5.75 Å². The lowest BCUT2D eigenvalue weighted by molar-refractivity contribution is 0.0955. The second-order valence-corrected chi connectivity index (χ2v) is 7.10. The molecule has 0 radical (unpaired) electrons. The van der Waals surface area contributed by atoms with E-state index < -0.39 is 5.91 Å². The van der Waals surface area contributed by atoms with Crippen LogP contribution in [0.1, 0.15) is 21.5 Å². The van der Waals surface area contributed by atoms with Crippen LogP contribution in [0.2, 0.25) is 5.15 Å². The molecular weight excluding hydrogens is 477 g/mol. The first kappa shape index (κ1) is 19.3. The van der Waals surface area contributed by atoms with Crippen molar-refractivity contribution in [3.63, 3.8) is 0 Å². The van der Waals surface area contributed by atoms with Crippen molar-refractivity contribution >= 4 is 46.3 Å². The van der Waals surface area contributed by atoms with Crippen molar-refractivity contribution in [1.82, 2.24) is 10.4 Å². The molecule has 0 bridgehead atoms. The summed E-state index contributed by atoms with van der Waals surface area (Å²) in [5.74, 6) is 0.245. The molecule has 0 spiro atoms. The molecule has 5 nitrogen and oxygen atoms in total. The summed E-state index contributed by atoms with van der Waals surface area (Å²) in [7, 11) is 0. The fourth-order valence-electron chi connectivity index (χ4n) is 2.24. The molecule has 1 N–H and O–H groups in total. The lowest BCUT2D eigenvalue weighted by atomic mass is 10.2. The number of nitrogens with zero attached hydrogens (tertiary/aromatic N) is 2. The highest BCUT2D eigenvalue weighted by molar-refractivity contribution is 14.1. The summed E-state index contributed by atoms with van der Waals surface area (Å²) in [6.07, 6.45) is 3.05. The molecule has 3 rings (SSSR count). The molecule has 1 heterocycles. The van der Waals surface area contributed by atoms with Gasteiger partial charge in [-0.1, -0.05) is 35.9 Å². The lowest BCUT2D eigenvalue weighted by Crippen LogP contribution is -2.18. The van der Waals surface area contributed by atoms with Gasteiger partial charge in [0.2, 0.25) is 0 Å². The van der Waals surface area contributed by atoms with Gasteiger partial charge < -0.3 is 4.74 Å². The van der Waals surface area contributed by atoms with E-state index >= 15 is 0 Å². The molecule has 2 aromatic carbocycles. The highest BCUT2D eigenvalue weighted by atomic mass is 127. The Hall–Kier alpha value is -2.45. The zero-order valence-corrected chi connectivity index (χ0v) is 17.0. The van der Waals surface area contributed by atoms with Gasteiger partial charge in [-0.05, 0) is 64.6 Å².